The Balaban J connectivity index is 0.980. The Hall–Kier alpha value is -6.04. The highest BCUT2D eigenvalue weighted by Gasteiger charge is 2.34. The maximum absolute atomic E-state index is 14.3. The Morgan fingerprint density at radius 3 is 2.47 bits per heavy atom. The lowest BCUT2D eigenvalue weighted by Gasteiger charge is -2.35. The number of nitrogens with zero attached hydrogens (tertiary/aromatic N) is 6. The number of alkyl halides is 3. The van der Waals surface area contributed by atoms with E-state index in [0.29, 0.717) is 61.9 Å². The quantitative estimate of drug-likeness (QED) is 0.214. The molecule has 0 saturated carbocycles. The van der Waals surface area contributed by atoms with Gasteiger partial charge < -0.3 is 5.32 Å². The number of piperazine rings is 1. The number of fused-ring (bicyclic) bond motifs is 1. The summed E-state index contributed by atoms with van der Waals surface area (Å²) in [6.45, 7) is 5.33. The predicted octanol–water partition coefficient (Wildman–Crippen LogP) is 5.47. The summed E-state index contributed by atoms with van der Waals surface area (Å²) in [5.41, 5.74) is 3.97. The van der Waals surface area contributed by atoms with Crippen LogP contribution >= 0.6 is 0 Å². The minimum atomic E-state index is -4.62. The maximum Gasteiger partial charge on any atom is 0.416 e. The molecule has 2 aromatic heterocycles. The SMILES string of the molecule is Cc1ccc(C(=O)Nc2ccc(CN3CCN(Cc4cccc(N5CCC(=O)NC5=O)c4)CC3)c(C(F)(F)F)c2)cc1C#Cc1cnc2cccnn12. The second kappa shape index (κ2) is 14.9. The zero-order valence-corrected chi connectivity index (χ0v) is 28.8. The number of rotatable bonds is 7. The van der Waals surface area contributed by atoms with Crippen LogP contribution in [0.4, 0.5) is 29.3 Å². The first kappa shape index (κ1) is 35.4. The van der Waals surface area contributed by atoms with Gasteiger partial charge in [-0.2, -0.15) is 18.3 Å². The molecule has 4 amide bonds. The van der Waals surface area contributed by atoms with E-state index in [0.717, 1.165) is 17.2 Å². The van der Waals surface area contributed by atoms with E-state index in [1.807, 2.05) is 42.2 Å². The fourth-order valence-electron chi connectivity index (χ4n) is 6.44. The molecule has 14 heteroatoms. The smallest absolute Gasteiger partial charge is 0.322 e. The highest BCUT2D eigenvalue weighted by atomic mass is 19.4. The molecule has 53 heavy (non-hydrogen) atoms. The van der Waals surface area contributed by atoms with Gasteiger partial charge in [0.1, 0.15) is 5.69 Å². The first-order chi connectivity index (χ1) is 25.5. The zero-order valence-electron chi connectivity index (χ0n) is 28.8. The van der Waals surface area contributed by atoms with Gasteiger partial charge >= 0.3 is 12.2 Å². The first-order valence-corrected chi connectivity index (χ1v) is 17.1. The third-order valence-electron chi connectivity index (χ3n) is 9.32. The summed E-state index contributed by atoms with van der Waals surface area (Å²) >= 11 is 0. The fraction of sp³-hybridized carbons (Fsp3) is 0.256. The normalized spacial score (nSPS) is 15.6. The third kappa shape index (κ3) is 8.22. The number of anilines is 2. The lowest BCUT2D eigenvalue weighted by atomic mass is 10.0. The standard InChI is InChI=1S/C39H35F3N8O3/c1-26-7-8-29(21-28(26)10-12-33-23-43-35-6-3-14-44-50(33)35)37(52)45-31-11-9-30(34(22-31)39(40,41)42)25-48-18-16-47(17-19-48)24-27-4-2-5-32(20-27)49-15-13-36(51)46-38(49)53/h2-9,11,14,20-23H,13,15-19,24-25H2,1H3,(H,45,52)(H,46,51,53). The zero-order chi connectivity index (χ0) is 37.1. The summed E-state index contributed by atoms with van der Waals surface area (Å²) in [6.07, 6.45) is -1.15. The average molecular weight is 721 g/mol. The van der Waals surface area contributed by atoms with Crippen LogP contribution < -0.4 is 15.5 Å². The van der Waals surface area contributed by atoms with Gasteiger partial charge in [0.05, 0.1) is 11.8 Å². The molecule has 270 valence electrons. The number of imide groups is 1. The van der Waals surface area contributed by atoms with E-state index < -0.39 is 23.7 Å². The highest BCUT2D eigenvalue weighted by molar-refractivity contribution is 6.06. The van der Waals surface area contributed by atoms with Gasteiger partial charge in [-0.15, -0.1) is 0 Å². The molecule has 5 aromatic rings. The van der Waals surface area contributed by atoms with Crippen molar-refractivity contribution in [2.45, 2.75) is 32.6 Å². The van der Waals surface area contributed by atoms with Crippen LogP contribution in [-0.4, -0.2) is 75.0 Å². The predicted molar refractivity (Wildman–Crippen MR) is 192 cm³/mol. The number of aryl methyl sites for hydroxylation is 1. The average Bonchev–Trinajstić information content (AvgIpc) is 3.55. The Labute approximate surface area is 303 Å². The number of aromatic nitrogens is 3. The molecular weight excluding hydrogens is 685 g/mol. The van der Waals surface area contributed by atoms with Gasteiger partial charge in [-0.1, -0.05) is 30.2 Å². The number of hydrogen-bond acceptors (Lipinski definition) is 7. The molecule has 0 spiro atoms. The number of carbonyl (C=O) groups is 3. The van der Waals surface area contributed by atoms with Crippen molar-refractivity contribution in [3.8, 4) is 11.8 Å². The summed E-state index contributed by atoms with van der Waals surface area (Å²) in [4.78, 5) is 47.1. The lowest BCUT2D eigenvalue weighted by molar-refractivity contribution is -0.138. The van der Waals surface area contributed by atoms with Crippen molar-refractivity contribution < 1.29 is 27.6 Å². The number of amides is 4. The number of hydrogen-bond donors (Lipinski definition) is 2. The van der Waals surface area contributed by atoms with Crippen LogP contribution in [0.25, 0.3) is 5.65 Å². The molecule has 11 nitrogen and oxygen atoms in total. The summed E-state index contributed by atoms with van der Waals surface area (Å²) in [5.74, 6) is 5.25. The molecule has 2 N–H and O–H groups in total. The third-order valence-corrected chi connectivity index (χ3v) is 9.32. The number of benzene rings is 3. The second-order valence-corrected chi connectivity index (χ2v) is 13.0. The molecular formula is C39H35F3N8O3. The van der Waals surface area contributed by atoms with Crippen LogP contribution in [0.3, 0.4) is 0 Å². The number of carbonyl (C=O) groups excluding carboxylic acids is 3. The first-order valence-electron chi connectivity index (χ1n) is 17.1. The van der Waals surface area contributed by atoms with Crippen LogP contribution in [0.5, 0.6) is 0 Å². The fourth-order valence-corrected chi connectivity index (χ4v) is 6.44. The Kier molecular flexibility index (Phi) is 9.94. The summed E-state index contributed by atoms with van der Waals surface area (Å²) < 4.78 is 44.6. The number of urea groups is 1. The van der Waals surface area contributed by atoms with Crippen LogP contribution in [0.2, 0.25) is 0 Å². The second-order valence-electron chi connectivity index (χ2n) is 13.0. The molecule has 0 radical (unpaired) electrons. The van der Waals surface area contributed by atoms with Crippen molar-refractivity contribution >= 4 is 34.9 Å². The molecule has 0 bridgehead atoms. The maximum atomic E-state index is 14.3. The minimum Gasteiger partial charge on any atom is -0.322 e. The van der Waals surface area contributed by atoms with Crippen molar-refractivity contribution in [2.75, 3.05) is 42.9 Å². The number of halogens is 3. The minimum absolute atomic E-state index is 0.0387. The Bertz CT molecular complexity index is 2270. The Morgan fingerprint density at radius 2 is 1.70 bits per heavy atom. The van der Waals surface area contributed by atoms with Gasteiger partial charge in [0.15, 0.2) is 5.65 Å². The van der Waals surface area contributed by atoms with E-state index in [9.17, 15) is 27.6 Å². The van der Waals surface area contributed by atoms with Crippen molar-refractivity contribution in [2.24, 2.45) is 0 Å². The highest BCUT2D eigenvalue weighted by Crippen LogP contribution is 2.35. The lowest BCUT2D eigenvalue weighted by Crippen LogP contribution is -2.49. The molecule has 2 aliphatic heterocycles. The summed E-state index contributed by atoms with van der Waals surface area (Å²) in [6, 6.07) is 19.6. The topological polar surface area (TPSA) is 115 Å². The molecule has 0 aliphatic carbocycles. The van der Waals surface area contributed by atoms with Crippen molar-refractivity contribution in [1.29, 1.82) is 0 Å². The van der Waals surface area contributed by atoms with E-state index in [-0.39, 0.29) is 35.7 Å². The molecule has 0 unspecified atom stereocenters. The van der Waals surface area contributed by atoms with Crippen LogP contribution in [0.15, 0.2) is 85.2 Å². The van der Waals surface area contributed by atoms with Crippen LogP contribution in [0.1, 0.15) is 50.3 Å². The van der Waals surface area contributed by atoms with Crippen molar-refractivity contribution in [3.63, 3.8) is 0 Å². The summed E-state index contributed by atoms with van der Waals surface area (Å²) in [5, 5.41) is 9.22. The number of imidazole rings is 1. The summed E-state index contributed by atoms with van der Waals surface area (Å²) in [7, 11) is 0. The van der Waals surface area contributed by atoms with Gasteiger partial charge in [0.25, 0.3) is 5.91 Å². The van der Waals surface area contributed by atoms with Gasteiger partial charge in [0, 0.05) is 80.9 Å². The Morgan fingerprint density at radius 1 is 0.906 bits per heavy atom. The molecule has 3 aromatic carbocycles. The molecule has 2 saturated heterocycles. The van der Waals surface area contributed by atoms with E-state index >= 15 is 0 Å². The van der Waals surface area contributed by atoms with Crippen LogP contribution in [-0.2, 0) is 24.1 Å². The van der Waals surface area contributed by atoms with Crippen molar-refractivity contribution in [1.82, 2.24) is 29.7 Å². The van der Waals surface area contributed by atoms with Gasteiger partial charge in [-0.3, -0.25) is 29.6 Å². The largest absolute Gasteiger partial charge is 0.416 e. The van der Waals surface area contributed by atoms with E-state index in [1.165, 1.54) is 17.0 Å². The van der Waals surface area contributed by atoms with Crippen LogP contribution in [0, 0.1) is 18.8 Å². The van der Waals surface area contributed by atoms with Gasteiger partial charge in [-0.25, -0.2) is 14.3 Å². The molecule has 2 fully saturated rings. The number of nitrogens with one attached hydrogen (secondary N) is 2. The molecule has 2 aliphatic rings. The van der Waals surface area contributed by atoms with Gasteiger partial charge in [0.2, 0.25) is 5.91 Å². The molecule has 4 heterocycles. The monoisotopic (exact) mass is 720 g/mol. The van der Waals surface area contributed by atoms with Gasteiger partial charge in [-0.05, 0) is 78.1 Å². The van der Waals surface area contributed by atoms with Crippen molar-refractivity contribution in [3.05, 3.63) is 124 Å². The van der Waals surface area contributed by atoms with E-state index in [2.05, 4.69) is 37.5 Å². The molecule has 0 atom stereocenters. The van der Waals surface area contributed by atoms with E-state index in [1.54, 1.807) is 41.2 Å². The molecule has 7 rings (SSSR count). The van der Waals surface area contributed by atoms with E-state index in [4.69, 9.17) is 0 Å².